The summed E-state index contributed by atoms with van der Waals surface area (Å²) in [6.07, 6.45) is 0. The SMILES string of the molecule is COc1ccc(S(=O)(=O)N(Cc2ccccc2)[C@@H](C(=O)O)c2ccccc2)cc1. The van der Waals surface area contributed by atoms with Crippen molar-refractivity contribution >= 4 is 16.0 Å². The van der Waals surface area contributed by atoms with Crippen LogP contribution in [0.4, 0.5) is 0 Å². The topological polar surface area (TPSA) is 83.9 Å². The number of ether oxygens (including phenoxy) is 1. The van der Waals surface area contributed by atoms with Gasteiger partial charge < -0.3 is 9.84 Å². The number of carboxylic acid groups (broad SMARTS) is 1. The molecule has 0 amide bonds. The minimum Gasteiger partial charge on any atom is -0.497 e. The van der Waals surface area contributed by atoms with Crippen molar-refractivity contribution in [3.05, 3.63) is 96.1 Å². The molecule has 0 unspecified atom stereocenters. The summed E-state index contributed by atoms with van der Waals surface area (Å²) in [7, 11) is -2.63. The molecular formula is C22H21NO5S. The normalized spacial score (nSPS) is 12.5. The maximum absolute atomic E-state index is 13.5. The van der Waals surface area contributed by atoms with E-state index in [0.29, 0.717) is 16.9 Å². The van der Waals surface area contributed by atoms with Gasteiger partial charge in [0.2, 0.25) is 10.0 Å². The van der Waals surface area contributed by atoms with E-state index < -0.39 is 22.0 Å². The van der Waals surface area contributed by atoms with Crippen LogP contribution in [0.3, 0.4) is 0 Å². The third kappa shape index (κ3) is 4.64. The molecule has 29 heavy (non-hydrogen) atoms. The van der Waals surface area contributed by atoms with Gasteiger partial charge in [0.05, 0.1) is 12.0 Å². The molecule has 0 aromatic heterocycles. The lowest BCUT2D eigenvalue weighted by Gasteiger charge is -2.28. The number of carbonyl (C=O) groups is 1. The third-order valence-electron chi connectivity index (χ3n) is 4.48. The van der Waals surface area contributed by atoms with Crippen molar-refractivity contribution in [3.63, 3.8) is 0 Å². The Morgan fingerprint density at radius 3 is 2.00 bits per heavy atom. The summed E-state index contributed by atoms with van der Waals surface area (Å²) in [6.45, 7) is -0.0823. The fourth-order valence-electron chi connectivity index (χ4n) is 3.03. The summed E-state index contributed by atoms with van der Waals surface area (Å²) in [4.78, 5) is 12.2. The number of hydrogen-bond donors (Lipinski definition) is 1. The summed E-state index contributed by atoms with van der Waals surface area (Å²) in [6, 6.07) is 21.8. The van der Waals surface area contributed by atoms with Crippen LogP contribution in [0.5, 0.6) is 5.75 Å². The Morgan fingerprint density at radius 2 is 1.48 bits per heavy atom. The monoisotopic (exact) mass is 411 g/mol. The molecule has 0 saturated carbocycles. The second-order valence-corrected chi connectivity index (χ2v) is 8.25. The van der Waals surface area contributed by atoms with Gasteiger partial charge in [-0.1, -0.05) is 60.7 Å². The lowest BCUT2D eigenvalue weighted by molar-refractivity contribution is -0.141. The van der Waals surface area contributed by atoms with Crippen LogP contribution in [0.15, 0.2) is 89.8 Å². The van der Waals surface area contributed by atoms with Gasteiger partial charge in [-0.15, -0.1) is 0 Å². The standard InChI is InChI=1S/C22H21NO5S/c1-28-19-12-14-20(15-13-19)29(26,27)23(16-17-8-4-2-5-9-17)21(22(24)25)18-10-6-3-7-11-18/h2-15,21H,16H2,1H3,(H,24,25)/t21-/m1/s1. The number of methoxy groups -OCH3 is 1. The summed E-state index contributed by atoms with van der Waals surface area (Å²) in [5.74, 6) is -0.736. The van der Waals surface area contributed by atoms with Crippen molar-refractivity contribution in [3.8, 4) is 5.75 Å². The van der Waals surface area contributed by atoms with Crippen molar-refractivity contribution < 1.29 is 23.1 Å². The summed E-state index contributed by atoms with van der Waals surface area (Å²) >= 11 is 0. The molecule has 0 heterocycles. The van der Waals surface area contributed by atoms with Gasteiger partial charge in [0.25, 0.3) is 0 Å². The van der Waals surface area contributed by atoms with E-state index in [1.807, 2.05) is 6.07 Å². The molecule has 3 aromatic rings. The van der Waals surface area contributed by atoms with Crippen molar-refractivity contribution in [2.24, 2.45) is 0 Å². The average molecular weight is 411 g/mol. The van der Waals surface area contributed by atoms with Crippen molar-refractivity contribution in [1.29, 1.82) is 0 Å². The van der Waals surface area contributed by atoms with Gasteiger partial charge >= 0.3 is 5.97 Å². The lowest BCUT2D eigenvalue weighted by atomic mass is 10.1. The Kier molecular flexibility index (Phi) is 6.31. The Bertz CT molecular complexity index is 1050. The van der Waals surface area contributed by atoms with E-state index in [-0.39, 0.29) is 11.4 Å². The molecule has 0 fully saturated rings. The quantitative estimate of drug-likeness (QED) is 0.611. The first-order valence-electron chi connectivity index (χ1n) is 8.91. The molecule has 0 radical (unpaired) electrons. The fourth-order valence-corrected chi connectivity index (χ4v) is 4.59. The molecule has 0 saturated heterocycles. The highest BCUT2D eigenvalue weighted by Crippen LogP contribution is 2.31. The van der Waals surface area contributed by atoms with Crippen LogP contribution >= 0.6 is 0 Å². The molecule has 3 rings (SSSR count). The van der Waals surface area contributed by atoms with Crippen molar-refractivity contribution in [2.45, 2.75) is 17.5 Å². The van der Waals surface area contributed by atoms with Gasteiger partial charge in [-0.25, -0.2) is 8.42 Å². The average Bonchev–Trinajstić information content (AvgIpc) is 2.74. The first-order chi connectivity index (χ1) is 13.9. The molecule has 0 aliphatic heterocycles. The first-order valence-corrected chi connectivity index (χ1v) is 10.3. The predicted molar refractivity (Wildman–Crippen MR) is 109 cm³/mol. The molecule has 1 N–H and O–H groups in total. The second-order valence-electron chi connectivity index (χ2n) is 6.36. The van der Waals surface area contributed by atoms with Crippen LogP contribution in [0.2, 0.25) is 0 Å². The van der Waals surface area contributed by atoms with Crippen molar-refractivity contribution in [2.75, 3.05) is 7.11 Å². The maximum Gasteiger partial charge on any atom is 0.326 e. The van der Waals surface area contributed by atoms with E-state index in [2.05, 4.69) is 0 Å². The van der Waals surface area contributed by atoms with Crippen LogP contribution in [0.1, 0.15) is 17.2 Å². The molecule has 0 aliphatic rings. The van der Waals surface area contributed by atoms with Gasteiger partial charge in [0.15, 0.2) is 0 Å². The Morgan fingerprint density at radius 1 is 0.931 bits per heavy atom. The Labute approximate surface area is 170 Å². The molecular weight excluding hydrogens is 390 g/mol. The third-order valence-corrected chi connectivity index (χ3v) is 6.31. The highest BCUT2D eigenvalue weighted by atomic mass is 32.2. The minimum atomic E-state index is -4.12. The molecule has 3 aromatic carbocycles. The smallest absolute Gasteiger partial charge is 0.326 e. The first kappa shape index (κ1) is 20.6. The van der Waals surface area contributed by atoms with Crippen LogP contribution in [0.25, 0.3) is 0 Å². The van der Waals surface area contributed by atoms with E-state index in [9.17, 15) is 18.3 Å². The zero-order valence-electron chi connectivity index (χ0n) is 15.8. The van der Waals surface area contributed by atoms with E-state index in [4.69, 9.17) is 4.74 Å². The summed E-state index contributed by atoms with van der Waals surface area (Å²) in [5.41, 5.74) is 1.07. The molecule has 6 nitrogen and oxygen atoms in total. The van der Waals surface area contributed by atoms with Gasteiger partial charge in [-0.2, -0.15) is 4.31 Å². The number of aliphatic carboxylic acids is 1. The van der Waals surface area contributed by atoms with E-state index in [1.165, 1.54) is 31.4 Å². The molecule has 0 bridgehead atoms. The summed E-state index contributed by atoms with van der Waals surface area (Å²) in [5, 5.41) is 9.94. The fraction of sp³-hybridized carbons (Fsp3) is 0.136. The van der Waals surface area contributed by atoms with Crippen molar-refractivity contribution in [1.82, 2.24) is 4.31 Å². The number of carboxylic acids is 1. The highest BCUT2D eigenvalue weighted by molar-refractivity contribution is 7.89. The van der Waals surface area contributed by atoms with Crippen LogP contribution < -0.4 is 4.74 Å². The summed E-state index contributed by atoms with van der Waals surface area (Å²) < 4.78 is 33.1. The zero-order chi connectivity index (χ0) is 20.9. The van der Waals surface area contributed by atoms with Gasteiger partial charge in [0, 0.05) is 6.54 Å². The number of nitrogens with zero attached hydrogens (tertiary/aromatic N) is 1. The molecule has 1 atom stereocenters. The van der Waals surface area contributed by atoms with Gasteiger partial charge in [-0.05, 0) is 35.4 Å². The number of rotatable bonds is 8. The van der Waals surface area contributed by atoms with E-state index in [1.54, 1.807) is 54.6 Å². The largest absolute Gasteiger partial charge is 0.497 e. The molecule has 0 spiro atoms. The zero-order valence-corrected chi connectivity index (χ0v) is 16.6. The lowest BCUT2D eigenvalue weighted by Crippen LogP contribution is -2.38. The van der Waals surface area contributed by atoms with E-state index >= 15 is 0 Å². The minimum absolute atomic E-state index is 0.00332. The van der Waals surface area contributed by atoms with Crippen LogP contribution in [0, 0.1) is 0 Å². The number of hydrogen-bond acceptors (Lipinski definition) is 4. The van der Waals surface area contributed by atoms with Crippen LogP contribution in [-0.2, 0) is 21.4 Å². The molecule has 7 heteroatoms. The molecule has 0 aliphatic carbocycles. The Balaban J connectivity index is 2.11. The number of sulfonamides is 1. The number of benzene rings is 3. The van der Waals surface area contributed by atoms with E-state index in [0.717, 1.165) is 4.31 Å². The molecule has 150 valence electrons. The van der Waals surface area contributed by atoms with Gasteiger partial charge in [-0.3, -0.25) is 4.79 Å². The Hall–Kier alpha value is -3.16. The second kappa shape index (κ2) is 8.89. The predicted octanol–water partition coefficient (Wildman–Crippen LogP) is 3.71. The van der Waals surface area contributed by atoms with Gasteiger partial charge in [0.1, 0.15) is 11.8 Å². The highest BCUT2D eigenvalue weighted by Gasteiger charge is 2.37. The maximum atomic E-state index is 13.5. The van der Waals surface area contributed by atoms with Crippen LogP contribution in [-0.4, -0.2) is 30.9 Å².